The van der Waals surface area contributed by atoms with E-state index >= 15 is 0 Å². The number of carbonyl (C=O) groups is 1. The average molecular weight is 396 g/mol. The third-order valence-corrected chi connectivity index (χ3v) is 4.77. The largest absolute Gasteiger partial charge is 0.433 e. The smallest absolute Gasteiger partial charge is 0.325 e. The molecule has 140 valence electrons. The second-order valence-electron chi connectivity index (χ2n) is 6.44. The molecule has 0 aliphatic heterocycles. The summed E-state index contributed by atoms with van der Waals surface area (Å²) in [6.45, 7) is 1.95. The average Bonchev–Trinajstić information content (AvgIpc) is 3.13. The van der Waals surface area contributed by atoms with Crippen LogP contribution in [0.2, 0.25) is 5.15 Å². The number of anilines is 1. The van der Waals surface area contributed by atoms with E-state index in [2.05, 4.69) is 20.4 Å². The van der Waals surface area contributed by atoms with Crippen LogP contribution in [-0.2, 0) is 11.0 Å². The molecule has 1 aliphatic rings. The Morgan fingerprint density at radius 3 is 2.85 bits per heavy atom. The summed E-state index contributed by atoms with van der Waals surface area (Å²) < 4.78 is 40.0. The molecule has 3 heterocycles. The Kier molecular flexibility index (Phi) is 4.06. The fourth-order valence-corrected chi connectivity index (χ4v) is 3.60. The van der Waals surface area contributed by atoms with E-state index in [0.29, 0.717) is 22.8 Å². The van der Waals surface area contributed by atoms with Gasteiger partial charge >= 0.3 is 6.18 Å². The zero-order valence-electron chi connectivity index (χ0n) is 14.0. The summed E-state index contributed by atoms with van der Waals surface area (Å²) in [6, 6.07) is 3.75. The van der Waals surface area contributed by atoms with Crippen LogP contribution in [0.3, 0.4) is 0 Å². The minimum atomic E-state index is -4.58. The van der Waals surface area contributed by atoms with Gasteiger partial charge < -0.3 is 5.32 Å². The first-order chi connectivity index (χ1) is 12.7. The number of fused-ring (bicyclic) bond motifs is 3. The highest BCUT2D eigenvalue weighted by Gasteiger charge is 2.37. The predicted octanol–water partition coefficient (Wildman–Crippen LogP) is 4.03. The Hall–Kier alpha value is -2.68. The van der Waals surface area contributed by atoms with Crippen LogP contribution in [0.15, 0.2) is 30.6 Å². The molecule has 1 N–H and O–H groups in total. The summed E-state index contributed by atoms with van der Waals surface area (Å²) in [5.74, 6) is -0.933. The number of amides is 1. The van der Waals surface area contributed by atoms with Gasteiger partial charge in [-0.1, -0.05) is 18.5 Å². The van der Waals surface area contributed by atoms with Crippen molar-refractivity contribution in [2.24, 2.45) is 0 Å². The molecule has 0 fully saturated rings. The summed E-state index contributed by atoms with van der Waals surface area (Å²) in [4.78, 5) is 20.3. The van der Waals surface area contributed by atoms with Gasteiger partial charge in [-0.25, -0.2) is 9.50 Å². The van der Waals surface area contributed by atoms with E-state index in [1.807, 2.05) is 6.92 Å². The molecule has 4 rings (SSSR count). The number of aromatic nitrogens is 4. The van der Waals surface area contributed by atoms with Crippen LogP contribution in [0.25, 0.3) is 5.65 Å². The molecule has 3 aromatic heterocycles. The summed E-state index contributed by atoms with van der Waals surface area (Å²) >= 11 is 5.94. The zero-order chi connectivity index (χ0) is 19.3. The van der Waals surface area contributed by atoms with Gasteiger partial charge in [0.15, 0.2) is 10.8 Å². The first-order valence-corrected chi connectivity index (χ1v) is 8.50. The highest BCUT2D eigenvalue weighted by molar-refractivity contribution is 6.29. The molecule has 2 unspecified atom stereocenters. The molecule has 3 aromatic rings. The van der Waals surface area contributed by atoms with E-state index in [1.54, 1.807) is 16.8 Å². The van der Waals surface area contributed by atoms with Crippen molar-refractivity contribution in [1.29, 1.82) is 0 Å². The first-order valence-electron chi connectivity index (χ1n) is 8.12. The molecule has 1 aliphatic carbocycles. The number of halogens is 4. The molecule has 6 nitrogen and oxygen atoms in total. The van der Waals surface area contributed by atoms with Gasteiger partial charge in [0.05, 0.1) is 11.6 Å². The molecule has 0 spiro atoms. The lowest BCUT2D eigenvalue weighted by Gasteiger charge is -2.13. The number of nitrogens with zero attached hydrogens (tertiary/aromatic N) is 4. The van der Waals surface area contributed by atoms with E-state index in [9.17, 15) is 18.0 Å². The van der Waals surface area contributed by atoms with Crippen molar-refractivity contribution < 1.29 is 18.0 Å². The van der Waals surface area contributed by atoms with Crippen LogP contribution >= 0.6 is 11.6 Å². The van der Waals surface area contributed by atoms with Crippen LogP contribution in [-0.4, -0.2) is 25.5 Å². The van der Waals surface area contributed by atoms with Gasteiger partial charge in [-0.05, 0) is 24.5 Å². The zero-order valence-corrected chi connectivity index (χ0v) is 14.7. The summed E-state index contributed by atoms with van der Waals surface area (Å²) in [5.41, 5.74) is 1.08. The van der Waals surface area contributed by atoms with Crippen molar-refractivity contribution in [2.75, 3.05) is 5.32 Å². The number of alkyl halides is 3. The Labute approximate surface area is 156 Å². The Bertz CT molecular complexity index is 1050. The third-order valence-electron chi connectivity index (χ3n) is 4.59. The third kappa shape index (κ3) is 3.12. The summed E-state index contributed by atoms with van der Waals surface area (Å²) in [6.07, 6.45) is -1.47. The molecule has 0 aromatic carbocycles. The van der Waals surface area contributed by atoms with Gasteiger partial charge in [0.2, 0.25) is 5.91 Å². The van der Waals surface area contributed by atoms with Crippen LogP contribution in [0.4, 0.5) is 18.9 Å². The highest BCUT2D eigenvalue weighted by atomic mass is 35.5. The van der Waals surface area contributed by atoms with Crippen molar-refractivity contribution >= 4 is 28.8 Å². The van der Waals surface area contributed by atoms with E-state index in [4.69, 9.17) is 11.6 Å². The Balaban J connectivity index is 1.64. The normalized spacial score (nSPS) is 19.3. The molecule has 1 amide bonds. The molecule has 0 bridgehead atoms. The van der Waals surface area contributed by atoms with Gasteiger partial charge in [0.1, 0.15) is 5.69 Å². The lowest BCUT2D eigenvalue weighted by Crippen LogP contribution is -2.20. The van der Waals surface area contributed by atoms with Gasteiger partial charge in [-0.2, -0.15) is 18.3 Å². The number of pyridine rings is 1. The van der Waals surface area contributed by atoms with Crippen molar-refractivity contribution in [3.63, 3.8) is 0 Å². The summed E-state index contributed by atoms with van der Waals surface area (Å²) in [7, 11) is 0. The van der Waals surface area contributed by atoms with Crippen LogP contribution in [0.5, 0.6) is 0 Å². The Morgan fingerprint density at radius 2 is 2.11 bits per heavy atom. The molecular formula is C17H13ClF3N5O. The van der Waals surface area contributed by atoms with Crippen LogP contribution < -0.4 is 5.32 Å². The second kappa shape index (κ2) is 6.19. The molecular weight excluding hydrogens is 383 g/mol. The molecule has 2 atom stereocenters. The monoisotopic (exact) mass is 395 g/mol. The van der Waals surface area contributed by atoms with Crippen LogP contribution in [0, 0.1) is 0 Å². The van der Waals surface area contributed by atoms with E-state index in [-0.39, 0.29) is 11.6 Å². The van der Waals surface area contributed by atoms with E-state index < -0.39 is 23.7 Å². The van der Waals surface area contributed by atoms with Crippen molar-refractivity contribution in [1.82, 2.24) is 19.6 Å². The number of hydrogen-bond donors (Lipinski definition) is 1. The van der Waals surface area contributed by atoms with Crippen LogP contribution in [0.1, 0.15) is 42.1 Å². The van der Waals surface area contributed by atoms with Crippen molar-refractivity contribution in [3.05, 3.63) is 52.7 Å². The quantitative estimate of drug-likeness (QED) is 0.711. The fourth-order valence-electron chi connectivity index (χ4n) is 3.43. The fraction of sp³-hybridized carbons (Fsp3) is 0.294. The predicted molar refractivity (Wildman–Crippen MR) is 91.6 cm³/mol. The lowest BCUT2D eigenvalue weighted by atomic mass is 10.0. The molecule has 10 heteroatoms. The minimum absolute atomic E-state index is 0.0143. The topological polar surface area (TPSA) is 72.2 Å². The van der Waals surface area contributed by atoms with Crippen molar-refractivity contribution in [2.45, 2.75) is 31.4 Å². The second-order valence-corrected chi connectivity index (χ2v) is 6.83. The maximum Gasteiger partial charge on any atom is 0.433 e. The van der Waals surface area contributed by atoms with Crippen molar-refractivity contribution in [3.8, 4) is 0 Å². The maximum absolute atomic E-state index is 12.8. The standard InChI is InChI=1S/C17H13ClF3N5O/c1-8-4-10(11-7-23-14-6-13(18)25-26(14)15(8)11)16(27)24-9-2-3-22-12(5-9)17(19,20)21/h2-3,5-8,10H,4H2,1H3,(H,22,24,27). The van der Waals surface area contributed by atoms with Gasteiger partial charge in [0.25, 0.3) is 0 Å². The van der Waals surface area contributed by atoms with E-state index in [1.165, 1.54) is 6.07 Å². The number of hydrogen-bond acceptors (Lipinski definition) is 4. The lowest BCUT2D eigenvalue weighted by molar-refractivity contribution is -0.141. The Morgan fingerprint density at radius 1 is 1.33 bits per heavy atom. The summed E-state index contributed by atoms with van der Waals surface area (Å²) in [5, 5.41) is 7.05. The highest BCUT2D eigenvalue weighted by Crippen LogP contribution is 2.42. The number of nitrogens with one attached hydrogen (secondary N) is 1. The maximum atomic E-state index is 12.8. The van der Waals surface area contributed by atoms with E-state index in [0.717, 1.165) is 18.0 Å². The van der Waals surface area contributed by atoms with Gasteiger partial charge in [-0.3, -0.25) is 9.78 Å². The molecule has 27 heavy (non-hydrogen) atoms. The van der Waals surface area contributed by atoms with Gasteiger partial charge in [-0.15, -0.1) is 0 Å². The number of rotatable bonds is 2. The first kappa shape index (κ1) is 17.7. The molecule has 0 saturated heterocycles. The van der Waals surface area contributed by atoms with Gasteiger partial charge in [0, 0.05) is 29.7 Å². The molecule has 0 saturated carbocycles. The SMILES string of the molecule is CC1CC(C(=O)Nc2ccnc(C(F)(F)F)c2)c2cnc3cc(Cl)nn3c21. The minimum Gasteiger partial charge on any atom is -0.325 e. The molecule has 0 radical (unpaired) electrons. The number of carbonyl (C=O) groups excluding carboxylic acids is 1.